The Labute approximate surface area is 299 Å². The van der Waals surface area contributed by atoms with Crippen molar-refractivity contribution in [1.29, 1.82) is 0 Å². The van der Waals surface area contributed by atoms with Crippen LogP contribution in [-0.2, 0) is 42.7 Å². The Morgan fingerprint density at radius 3 is 1.92 bits per heavy atom. The second-order valence-corrected chi connectivity index (χ2v) is 11.8. The molecular formula is C38H36FeN6O5. The maximum atomic E-state index is 11.7. The Balaban J connectivity index is 0.000000627. The monoisotopic (exact) mass is 712 g/mol. The molecule has 3 aliphatic heterocycles. The van der Waals surface area contributed by atoms with E-state index in [4.69, 9.17) is 25.7 Å². The number of hydrogen-bond donors (Lipinski definition) is 3. The van der Waals surface area contributed by atoms with E-state index in [1.165, 1.54) is 12.2 Å². The van der Waals surface area contributed by atoms with Gasteiger partial charge in [0.2, 0.25) is 5.91 Å². The fraction of sp³-hybridized carbons (Fsp3) is 0.211. The minimum atomic E-state index is -0.884. The first-order chi connectivity index (χ1) is 23.3. The SMILES string of the molecule is C=CC1=C(C)c2cc3[n-]c(cc4nc(cc5[n-]c(cc1n2)c(C)c5C=C)C(C)=C4CCC(=O)O)c(CCC(N)=O)c3C.O=C1C=CC(=O)N1.[Fe+2]. The van der Waals surface area contributed by atoms with Crippen LogP contribution in [0.15, 0.2) is 55.7 Å². The molecule has 3 amide bonds. The van der Waals surface area contributed by atoms with Crippen LogP contribution in [0.25, 0.3) is 50.4 Å². The summed E-state index contributed by atoms with van der Waals surface area (Å²) in [6.07, 6.45) is 6.86. The number of nitrogens with two attached hydrogens (primary N) is 1. The minimum absolute atomic E-state index is 0. The standard InChI is InChI=1S/C34H35N5O3.C4H3NO2.Fe/c1-7-21-17(3)25-13-26-19(5)23(9-11-33(35)40)31(38-26)16-32-24(10-12-34(41)42)20(6)28(39-32)15-30-22(8-2)18(4)27(37-30)14-29(21)36-25;6-3-1-2-4(7)5-3;/h7-8,13-16H,1-2,9-12H2,3-6H3,(H5,35,36,37,38,39,40,41,42);1-2H,(H,5,6,7);/q;;+2/p-2. The second-order valence-electron chi connectivity index (χ2n) is 11.8. The van der Waals surface area contributed by atoms with Gasteiger partial charge in [0.05, 0.1) is 22.8 Å². The number of rotatable bonds is 8. The van der Waals surface area contributed by atoms with Crippen molar-refractivity contribution in [3.05, 3.63) is 101 Å². The molecule has 0 atom stereocenters. The van der Waals surface area contributed by atoms with Gasteiger partial charge in [-0.15, -0.1) is 22.1 Å². The normalized spacial score (nSPS) is 13.4. The molecule has 6 rings (SSSR count). The van der Waals surface area contributed by atoms with Crippen LogP contribution in [0.5, 0.6) is 0 Å². The summed E-state index contributed by atoms with van der Waals surface area (Å²) in [5.74, 6) is -1.94. The van der Waals surface area contributed by atoms with Crippen LogP contribution in [0, 0.1) is 13.8 Å². The second kappa shape index (κ2) is 15.3. The molecule has 0 saturated heterocycles. The van der Waals surface area contributed by atoms with Crippen molar-refractivity contribution in [3.63, 3.8) is 0 Å². The largest absolute Gasteiger partial charge is 2.00 e. The van der Waals surface area contributed by atoms with E-state index in [2.05, 4.69) is 13.2 Å². The van der Waals surface area contributed by atoms with Crippen LogP contribution in [0.4, 0.5) is 0 Å². The van der Waals surface area contributed by atoms with Crippen molar-refractivity contribution in [1.82, 2.24) is 25.3 Å². The van der Waals surface area contributed by atoms with Crippen molar-refractivity contribution in [2.75, 3.05) is 0 Å². The van der Waals surface area contributed by atoms with Gasteiger partial charge in [0.1, 0.15) is 0 Å². The Kier molecular flexibility index (Phi) is 11.4. The van der Waals surface area contributed by atoms with E-state index in [0.29, 0.717) is 29.7 Å². The van der Waals surface area contributed by atoms with Crippen LogP contribution in [0.3, 0.4) is 0 Å². The van der Waals surface area contributed by atoms with Crippen molar-refractivity contribution < 1.29 is 41.4 Å². The number of aromatic nitrogens is 4. The van der Waals surface area contributed by atoms with E-state index in [0.717, 1.165) is 72.5 Å². The van der Waals surface area contributed by atoms with Gasteiger partial charge in [-0.1, -0.05) is 66.3 Å². The molecule has 0 fully saturated rings. The predicted molar refractivity (Wildman–Crippen MR) is 190 cm³/mol. The number of allylic oxidation sites excluding steroid dienone is 5. The molecule has 3 aromatic heterocycles. The Morgan fingerprint density at radius 1 is 0.780 bits per heavy atom. The first-order valence-electron chi connectivity index (χ1n) is 15.6. The number of aliphatic carboxylic acids is 1. The Hall–Kier alpha value is -5.58. The van der Waals surface area contributed by atoms with Crippen LogP contribution in [0.1, 0.15) is 78.1 Å². The number of primary amides is 1. The van der Waals surface area contributed by atoms with Gasteiger partial charge >= 0.3 is 23.0 Å². The molecule has 4 N–H and O–H groups in total. The number of nitrogens with one attached hydrogen (secondary N) is 1. The summed E-state index contributed by atoms with van der Waals surface area (Å²) >= 11 is 0. The third-order valence-corrected chi connectivity index (χ3v) is 8.73. The van der Waals surface area contributed by atoms with E-state index in [9.17, 15) is 24.3 Å². The van der Waals surface area contributed by atoms with Gasteiger partial charge in [0.25, 0.3) is 11.8 Å². The first kappa shape index (κ1) is 37.2. The van der Waals surface area contributed by atoms with E-state index < -0.39 is 11.9 Å². The van der Waals surface area contributed by atoms with Crippen molar-refractivity contribution in [2.24, 2.45) is 5.73 Å². The average Bonchev–Trinajstić information content (AvgIpc) is 3.80. The van der Waals surface area contributed by atoms with Crippen molar-refractivity contribution >= 4 is 74.1 Å². The van der Waals surface area contributed by atoms with Crippen LogP contribution in [-0.4, -0.2) is 38.8 Å². The molecule has 0 radical (unpaired) electrons. The summed E-state index contributed by atoms with van der Waals surface area (Å²) in [5.41, 5.74) is 18.6. The fourth-order valence-electron chi connectivity index (χ4n) is 5.99. The maximum absolute atomic E-state index is 11.7. The molecule has 6 heterocycles. The number of aryl methyl sites for hydroxylation is 3. The molecule has 0 saturated carbocycles. The van der Waals surface area contributed by atoms with Gasteiger partial charge in [-0.2, -0.15) is 0 Å². The molecule has 11 nitrogen and oxygen atoms in total. The quantitative estimate of drug-likeness (QED) is 0.205. The maximum Gasteiger partial charge on any atom is 2.00 e. The molecule has 3 aromatic rings. The topological polar surface area (TPSA) is 181 Å². The summed E-state index contributed by atoms with van der Waals surface area (Å²) in [7, 11) is 0. The third-order valence-electron chi connectivity index (χ3n) is 8.73. The molecule has 256 valence electrons. The molecule has 50 heavy (non-hydrogen) atoms. The first-order valence-corrected chi connectivity index (χ1v) is 15.6. The molecule has 0 aromatic carbocycles. The van der Waals surface area contributed by atoms with Crippen molar-refractivity contribution in [3.8, 4) is 0 Å². The number of nitrogens with zero attached hydrogens (tertiary/aromatic N) is 4. The van der Waals surface area contributed by atoms with Gasteiger partial charge in [0.15, 0.2) is 0 Å². The molecule has 3 aliphatic rings. The Morgan fingerprint density at radius 2 is 1.34 bits per heavy atom. The number of carbonyl (C=O) groups excluding carboxylic acids is 3. The predicted octanol–water partition coefficient (Wildman–Crippen LogP) is 5.36. The zero-order valence-electron chi connectivity index (χ0n) is 28.2. The third kappa shape index (κ3) is 7.67. The average molecular weight is 713 g/mol. The zero-order valence-corrected chi connectivity index (χ0v) is 29.3. The van der Waals surface area contributed by atoms with E-state index in [-0.39, 0.29) is 41.7 Å². The summed E-state index contributed by atoms with van der Waals surface area (Å²) in [5, 5.41) is 11.5. The number of fused-ring (bicyclic) bond motifs is 8. The number of imide groups is 1. The van der Waals surface area contributed by atoms with Gasteiger partial charge < -0.3 is 20.8 Å². The van der Waals surface area contributed by atoms with Gasteiger partial charge in [-0.3, -0.25) is 24.5 Å². The summed E-state index contributed by atoms with van der Waals surface area (Å²) in [6.45, 7) is 16.0. The smallest absolute Gasteiger partial charge is 0.657 e. The summed E-state index contributed by atoms with van der Waals surface area (Å²) in [4.78, 5) is 63.1. The summed E-state index contributed by atoms with van der Waals surface area (Å²) < 4.78 is 0. The molecular weight excluding hydrogens is 676 g/mol. The van der Waals surface area contributed by atoms with Gasteiger partial charge in [0, 0.05) is 30.6 Å². The van der Waals surface area contributed by atoms with Gasteiger partial charge in [-0.25, -0.2) is 9.97 Å². The zero-order chi connectivity index (χ0) is 35.6. The van der Waals surface area contributed by atoms with E-state index in [1.54, 1.807) is 12.2 Å². The van der Waals surface area contributed by atoms with E-state index in [1.807, 2.05) is 57.3 Å². The molecule has 12 heteroatoms. The minimum Gasteiger partial charge on any atom is -0.657 e. The number of carboxylic acids is 1. The van der Waals surface area contributed by atoms with E-state index >= 15 is 0 Å². The number of carboxylic acid groups (broad SMARTS) is 1. The number of hydrogen-bond acceptors (Lipinski definition) is 6. The van der Waals surface area contributed by atoms with Gasteiger partial charge in [-0.05, 0) is 62.8 Å². The fourth-order valence-corrected chi connectivity index (χ4v) is 5.99. The number of carbonyl (C=O) groups is 4. The van der Waals surface area contributed by atoms with Crippen LogP contribution in [0.2, 0.25) is 0 Å². The molecule has 0 aliphatic carbocycles. The number of amides is 3. The van der Waals surface area contributed by atoms with Crippen LogP contribution >= 0.6 is 0 Å². The molecule has 0 spiro atoms. The summed E-state index contributed by atoms with van der Waals surface area (Å²) in [6, 6.07) is 7.72. The van der Waals surface area contributed by atoms with Crippen molar-refractivity contribution in [2.45, 2.75) is 53.4 Å². The van der Waals surface area contributed by atoms with Crippen LogP contribution < -0.4 is 21.0 Å². The molecule has 8 bridgehead atoms. The Bertz CT molecular complexity index is 2220. The molecule has 0 unspecified atom stereocenters.